The minimum atomic E-state index is -0.861. The van der Waals surface area contributed by atoms with Crippen molar-refractivity contribution in [2.24, 2.45) is 23.7 Å². The van der Waals surface area contributed by atoms with E-state index in [2.05, 4.69) is 15.8 Å². The lowest BCUT2D eigenvalue weighted by Crippen LogP contribution is -2.45. The zero-order valence-corrected chi connectivity index (χ0v) is 12.3. The van der Waals surface area contributed by atoms with E-state index < -0.39 is 23.7 Å². The van der Waals surface area contributed by atoms with Gasteiger partial charge in [-0.1, -0.05) is 12.2 Å². The van der Waals surface area contributed by atoms with Crippen LogP contribution in [-0.2, 0) is 9.59 Å². The van der Waals surface area contributed by atoms with Crippen molar-refractivity contribution in [1.82, 2.24) is 15.8 Å². The molecule has 23 heavy (non-hydrogen) atoms. The first kappa shape index (κ1) is 15.2. The minimum absolute atomic E-state index is 0.0286. The van der Waals surface area contributed by atoms with Gasteiger partial charge in [0.1, 0.15) is 0 Å². The predicted octanol–water partition coefficient (Wildman–Crippen LogP) is 0.756. The summed E-state index contributed by atoms with van der Waals surface area (Å²) in [4.78, 5) is 39.4. The summed E-state index contributed by atoms with van der Waals surface area (Å²) in [5, 5.41) is 9.29. The molecular formula is C16H17N3O4. The maximum atomic E-state index is 12.3. The molecule has 2 aliphatic rings. The van der Waals surface area contributed by atoms with Crippen molar-refractivity contribution >= 4 is 17.8 Å². The van der Waals surface area contributed by atoms with Gasteiger partial charge in [-0.05, 0) is 36.8 Å². The van der Waals surface area contributed by atoms with Gasteiger partial charge in [-0.25, -0.2) is 0 Å². The molecule has 1 saturated carbocycles. The molecule has 0 bridgehead atoms. The number of allylic oxidation sites excluding steroid dienone is 2. The predicted molar refractivity (Wildman–Crippen MR) is 79.8 cm³/mol. The number of hydrogen-bond acceptors (Lipinski definition) is 4. The van der Waals surface area contributed by atoms with E-state index in [1.54, 1.807) is 0 Å². The Morgan fingerprint density at radius 2 is 1.87 bits per heavy atom. The first-order valence-electron chi connectivity index (χ1n) is 7.47. The highest BCUT2D eigenvalue weighted by Crippen LogP contribution is 2.47. The summed E-state index contributed by atoms with van der Waals surface area (Å²) in [6.45, 7) is 0. The molecule has 2 aliphatic carbocycles. The second-order valence-corrected chi connectivity index (χ2v) is 5.87. The molecule has 7 heteroatoms. The van der Waals surface area contributed by atoms with E-state index >= 15 is 0 Å². The number of nitrogens with zero attached hydrogens (tertiary/aromatic N) is 1. The first-order valence-corrected chi connectivity index (χ1v) is 7.47. The topological polar surface area (TPSA) is 108 Å². The lowest BCUT2D eigenvalue weighted by atomic mass is 9.89. The molecule has 1 heterocycles. The smallest absolute Gasteiger partial charge is 0.306 e. The molecule has 0 radical (unpaired) electrons. The molecule has 0 aliphatic heterocycles. The number of carbonyl (C=O) groups is 3. The van der Waals surface area contributed by atoms with Crippen LogP contribution in [0.25, 0.3) is 0 Å². The largest absolute Gasteiger partial charge is 0.481 e. The summed E-state index contributed by atoms with van der Waals surface area (Å²) in [5.41, 5.74) is 5.15. The molecule has 0 spiro atoms. The van der Waals surface area contributed by atoms with Gasteiger partial charge in [-0.3, -0.25) is 30.2 Å². The summed E-state index contributed by atoms with van der Waals surface area (Å²) >= 11 is 0. The second-order valence-electron chi connectivity index (χ2n) is 5.87. The third-order valence-corrected chi connectivity index (χ3v) is 4.65. The normalized spacial score (nSPS) is 28.2. The van der Waals surface area contributed by atoms with E-state index in [0.29, 0.717) is 18.4 Å². The average molecular weight is 315 g/mol. The number of nitrogens with one attached hydrogen (secondary N) is 2. The Labute approximate surface area is 132 Å². The van der Waals surface area contributed by atoms with Gasteiger partial charge >= 0.3 is 5.97 Å². The number of hydrogen-bond donors (Lipinski definition) is 3. The summed E-state index contributed by atoms with van der Waals surface area (Å²) in [6, 6.07) is 3.07. The van der Waals surface area contributed by atoms with Crippen molar-refractivity contribution in [1.29, 1.82) is 0 Å². The van der Waals surface area contributed by atoms with Crippen LogP contribution in [0.3, 0.4) is 0 Å². The summed E-state index contributed by atoms with van der Waals surface area (Å²) < 4.78 is 0. The number of fused-ring (bicyclic) bond motifs is 1. The van der Waals surface area contributed by atoms with Crippen LogP contribution in [0, 0.1) is 23.7 Å². The molecule has 120 valence electrons. The van der Waals surface area contributed by atoms with E-state index in [1.807, 2.05) is 12.2 Å². The molecule has 1 aromatic rings. The van der Waals surface area contributed by atoms with E-state index in [9.17, 15) is 19.5 Å². The summed E-state index contributed by atoms with van der Waals surface area (Å²) in [5.74, 6) is -2.70. The van der Waals surface area contributed by atoms with Gasteiger partial charge in [0.05, 0.1) is 5.92 Å². The lowest BCUT2D eigenvalue weighted by molar-refractivity contribution is -0.143. The fourth-order valence-electron chi connectivity index (χ4n) is 3.52. The number of carboxylic acid groups (broad SMARTS) is 1. The van der Waals surface area contributed by atoms with Crippen LogP contribution in [0.5, 0.6) is 0 Å². The Kier molecular flexibility index (Phi) is 4.10. The molecule has 3 N–H and O–H groups in total. The Balaban J connectivity index is 1.61. The maximum Gasteiger partial charge on any atom is 0.306 e. The van der Waals surface area contributed by atoms with Gasteiger partial charge in [-0.2, -0.15) is 0 Å². The third kappa shape index (κ3) is 2.94. The standard InChI is InChI=1S/C16H17N3O4/c20-14(9-4-6-17-7-5-9)18-19-15(21)12-8-13(16(22)23)11-3-1-2-10(11)12/h1-2,4-7,10-13H,3,8H2,(H,18,20)(H,19,21)(H,22,23)/t10-,11+,12+,13-/m0/s1. The Morgan fingerprint density at radius 1 is 1.13 bits per heavy atom. The number of aliphatic carboxylic acids is 1. The molecule has 0 aromatic carbocycles. The van der Waals surface area contributed by atoms with E-state index in [-0.39, 0.29) is 17.7 Å². The van der Waals surface area contributed by atoms with Gasteiger partial charge in [0.2, 0.25) is 5.91 Å². The van der Waals surface area contributed by atoms with Crippen molar-refractivity contribution < 1.29 is 19.5 Å². The molecular weight excluding hydrogens is 298 g/mol. The van der Waals surface area contributed by atoms with Crippen LogP contribution in [0.2, 0.25) is 0 Å². The molecule has 0 saturated heterocycles. The van der Waals surface area contributed by atoms with Crippen molar-refractivity contribution in [3.05, 3.63) is 42.2 Å². The molecule has 4 atom stereocenters. The Morgan fingerprint density at radius 3 is 2.57 bits per heavy atom. The second kappa shape index (κ2) is 6.20. The highest BCUT2D eigenvalue weighted by Gasteiger charge is 2.49. The summed E-state index contributed by atoms with van der Waals surface area (Å²) in [7, 11) is 0. The molecule has 2 amide bonds. The Bertz CT molecular complexity index is 659. The molecule has 7 nitrogen and oxygen atoms in total. The van der Waals surface area contributed by atoms with Crippen LogP contribution in [0.4, 0.5) is 0 Å². The average Bonchev–Trinajstić information content (AvgIpc) is 3.15. The number of hydrazine groups is 1. The lowest BCUT2D eigenvalue weighted by Gasteiger charge is -2.17. The monoisotopic (exact) mass is 315 g/mol. The number of aromatic nitrogens is 1. The number of carboxylic acids is 1. The van der Waals surface area contributed by atoms with E-state index in [4.69, 9.17) is 0 Å². The fourth-order valence-corrected chi connectivity index (χ4v) is 3.52. The summed E-state index contributed by atoms with van der Waals surface area (Å²) in [6.07, 6.45) is 7.81. The highest BCUT2D eigenvalue weighted by atomic mass is 16.4. The fraction of sp³-hybridized carbons (Fsp3) is 0.375. The SMILES string of the molecule is O=C(NNC(=O)[C@@H]1C[C@H](C(=O)O)[C@@H]2CC=C[C@@H]21)c1ccncc1. The molecule has 1 aromatic heterocycles. The molecule has 3 rings (SSSR count). The van der Waals surface area contributed by atoms with Gasteiger partial charge in [0, 0.05) is 23.9 Å². The highest BCUT2D eigenvalue weighted by molar-refractivity contribution is 5.95. The van der Waals surface area contributed by atoms with Gasteiger partial charge in [-0.15, -0.1) is 0 Å². The third-order valence-electron chi connectivity index (χ3n) is 4.65. The van der Waals surface area contributed by atoms with Gasteiger partial charge in [0.25, 0.3) is 5.91 Å². The minimum Gasteiger partial charge on any atom is -0.481 e. The van der Waals surface area contributed by atoms with Crippen molar-refractivity contribution in [3.8, 4) is 0 Å². The van der Waals surface area contributed by atoms with Gasteiger partial charge < -0.3 is 5.11 Å². The van der Waals surface area contributed by atoms with E-state index in [0.717, 1.165) is 0 Å². The van der Waals surface area contributed by atoms with Crippen molar-refractivity contribution in [2.75, 3.05) is 0 Å². The molecule has 1 fully saturated rings. The van der Waals surface area contributed by atoms with Gasteiger partial charge in [0.15, 0.2) is 0 Å². The van der Waals surface area contributed by atoms with Crippen LogP contribution < -0.4 is 10.9 Å². The zero-order valence-electron chi connectivity index (χ0n) is 12.3. The van der Waals surface area contributed by atoms with Crippen molar-refractivity contribution in [3.63, 3.8) is 0 Å². The van der Waals surface area contributed by atoms with Crippen LogP contribution in [-0.4, -0.2) is 27.9 Å². The van der Waals surface area contributed by atoms with Crippen molar-refractivity contribution in [2.45, 2.75) is 12.8 Å². The number of pyridine rings is 1. The first-order chi connectivity index (χ1) is 11.1. The zero-order chi connectivity index (χ0) is 16.4. The van der Waals surface area contributed by atoms with Crippen LogP contribution in [0.1, 0.15) is 23.2 Å². The van der Waals surface area contributed by atoms with Crippen LogP contribution >= 0.6 is 0 Å². The number of carbonyl (C=O) groups excluding carboxylic acids is 2. The quantitative estimate of drug-likeness (QED) is 0.563. The maximum absolute atomic E-state index is 12.3. The molecule has 0 unspecified atom stereocenters. The Hall–Kier alpha value is -2.70. The number of amides is 2. The van der Waals surface area contributed by atoms with E-state index in [1.165, 1.54) is 24.5 Å². The van der Waals surface area contributed by atoms with Crippen LogP contribution in [0.15, 0.2) is 36.7 Å². The number of rotatable bonds is 3.